The Morgan fingerprint density at radius 3 is 2.56 bits per heavy atom. The van der Waals surface area contributed by atoms with E-state index in [-0.39, 0.29) is 5.91 Å². The Balaban J connectivity index is 1.35. The lowest BCUT2D eigenvalue weighted by Crippen LogP contribution is -2.33. The van der Waals surface area contributed by atoms with E-state index in [2.05, 4.69) is 22.3 Å². The number of nitrogens with zero attached hydrogens (tertiary/aromatic N) is 1. The van der Waals surface area contributed by atoms with E-state index in [0.29, 0.717) is 13.2 Å². The maximum Gasteiger partial charge on any atom is 0.252 e. The summed E-state index contributed by atoms with van der Waals surface area (Å²) in [6.45, 7) is 4.57. The van der Waals surface area contributed by atoms with Gasteiger partial charge in [-0.3, -0.25) is 4.79 Å². The minimum Gasteiger partial charge on any atom is -0.497 e. The molecule has 5 rings (SSSR count). The smallest absolute Gasteiger partial charge is 0.252 e. The van der Waals surface area contributed by atoms with E-state index in [1.165, 1.54) is 42.5 Å². The van der Waals surface area contributed by atoms with Gasteiger partial charge in [-0.1, -0.05) is 24.6 Å². The molecule has 1 amide bonds. The Bertz CT molecular complexity index is 1010. The van der Waals surface area contributed by atoms with Crippen LogP contribution < -0.4 is 14.8 Å². The van der Waals surface area contributed by atoms with E-state index in [4.69, 9.17) is 9.47 Å². The molecule has 5 heteroatoms. The largest absolute Gasteiger partial charge is 0.497 e. The highest BCUT2D eigenvalue weighted by molar-refractivity contribution is 5.98. The molecule has 2 aliphatic heterocycles. The Morgan fingerprint density at radius 2 is 1.81 bits per heavy atom. The van der Waals surface area contributed by atoms with Crippen LogP contribution in [0.2, 0.25) is 0 Å². The normalized spacial score (nSPS) is 19.2. The van der Waals surface area contributed by atoms with Crippen molar-refractivity contribution in [2.45, 2.75) is 38.6 Å². The van der Waals surface area contributed by atoms with Crippen LogP contribution in [0.25, 0.3) is 5.57 Å². The van der Waals surface area contributed by atoms with Crippen molar-refractivity contribution in [3.8, 4) is 11.5 Å². The Labute approximate surface area is 190 Å². The summed E-state index contributed by atoms with van der Waals surface area (Å²) in [7, 11) is 1.70. The standard InChI is InChI=1S/C27H32N2O3/c1-31-23-8-5-20(6-9-23)25-12-14-29(17-19-3-2-4-19)13-11-22(25)18-32-24-10-7-21-16-28-27(30)26(21)15-24/h5-10,15,19H,2-4,11-14,16-18H2,1H3,(H,28,30). The molecule has 168 valence electrons. The molecule has 0 unspecified atom stereocenters. The van der Waals surface area contributed by atoms with Gasteiger partial charge in [-0.25, -0.2) is 0 Å². The first-order chi connectivity index (χ1) is 15.7. The predicted octanol–water partition coefficient (Wildman–Crippen LogP) is 4.67. The van der Waals surface area contributed by atoms with E-state index in [1.54, 1.807) is 7.11 Å². The second-order valence-electron chi connectivity index (χ2n) is 9.20. The number of fused-ring (bicyclic) bond motifs is 1. The summed E-state index contributed by atoms with van der Waals surface area (Å²) < 4.78 is 11.6. The predicted molar refractivity (Wildman–Crippen MR) is 126 cm³/mol. The number of methoxy groups -OCH3 is 1. The minimum atomic E-state index is -0.00955. The van der Waals surface area contributed by atoms with Crippen LogP contribution >= 0.6 is 0 Å². The Hall–Kier alpha value is -2.79. The van der Waals surface area contributed by atoms with Gasteiger partial charge in [-0.2, -0.15) is 0 Å². The van der Waals surface area contributed by atoms with Gasteiger partial charge in [0.1, 0.15) is 18.1 Å². The maximum absolute atomic E-state index is 12.0. The third kappa shape index (κ3) is 4.53. The van der Waals surface area contributed by atoms with Gasteiger partial charge < -0.3 is 19.7 Å². The summed E-state index contributed by atoms with van der Waals surface area (Å²) in [4.78, 5) is 14.7. The van der Waals surface area contributed by atoms with E-state index in [1.807, 2.05) is 30.3 Å². The number of benzene rings is 2. The number of rotatable bonds is 7. The fraction of sp³-hybridized carbons (Fsp3) is 0.444. The minimum absolute atomic E-state index is 0.00955. The van der Waals surface area contributed by atoms with Crippen molar-refractivity contribution in [2.24, 2.45) is 5.92 Å². The molecule has 0 saturated heterocycles. The van der Waals surface area contributed by atoms with Crippen LogP contribution in [0.5, 0.6) is 11.5 Å². The molecule has 2 aromatic carbocycles. The Morgan fingerprint density at radius 1 is 1.03 bits per heavy atom. The molecule has 1 aliphatic carbocycles. The Kier molecular flexibility index (Phi) is 6.17. The average molecular weight is 433 g/mol. The highest BCUT2D eigenvalue weighted by Crippen LogP contribution is 2.32. The molecule has 0 aromatic heterocycles. The van der Waals surface area contributed by atoms with E-state index >= 15 is 0 Å². The highest BCUT2D eigenvalue weighted by Gasteiger charge is 2.24. The van der Waals surface area contributed by atoms with Crippen LogP contribution in [-0.2, 0) is 6.54 Å². The van der Waals surface area contributed by atoms with Gasteiger partial charge >= 0.3 is 0 Å². The van der Waals surface area contributed by atoms with Gasteiger partial charge in [0.15, 0.2) is 0 Å². The maximum atomic E-state index is 12.0. The third-order valence-corrected chi connectivity index (χ3v) is 7.19. The SMILES string of the molecule is COc1ccc(C2=C(COc3ccc4c(c3)C(=O)NC4)CCN(CC3CCC3)CC2)cc1. The summed E-state index contributed by atoms with van der Waals surface area (Å²) in [6.07, 6.45) is 6.21. The van der Waals surface area contributed by atoms with Crippen molar-refractivity contribution in [3.63, 3.8) is 0 Å². The summed E-state index contributed by atoms with van der Waals surface area (Å²) in [5.41, 5.74) is 5.78. The molecule has 2 heterocycles. The quantitative estimate of drug-likeness (QED) is 0.691. The molecule has 0 spiro atoms. The van der Waals surface area contributed by atoms with Crippen molar-refractivity contribution in [3.05, 3.63) is 64.7 Å². The van der Waals surface area contributed by atoms with Crippen molar-refractivity contribution in [1.29, 1.82) is 0 Å². The van der Waals surface area contributed by atoms with Crippen molar-refractivity contribution >= 4 is 11.5 Å². The molecular formula is C27H32N2O3. The van der Waals surface area contributed by atoms with Crippen LogP contribution in [-0.4, -0.2) is 44.2 Å². The molecule has 1 N–H and O–H groups in total. The van der Waals surface area contributed by atoms with Gasteiger partial charge in [-0.15, -0.1) is 0 Å². The average Bonchev–Trinajstić information content (AvgIpc) is 3.04. The molecule has 0 bridgehead atoms. The van der Waals surface area contributed by atoms with E-state index in [0.717, 1.165) is 54.5 Å². The number of ether oxygens (including phenoxy) is 2. The second kappa shape index (κ2) is 9.37. The van der Waals surface area contributed by atoms with Crippen LogP contribution in [0.1, 0.15) is 53.6 Å². The number of nitrogens with one attached hydrogen (secondary N) is 1. The van der Waals surface area contributed by atoms with Crippen molar-refractivity contribution < 1.29 is 14.3 Å². The van der Waals surface area contributed by atoms with E-state index in [9.17, 15) is 4.79 Å². The molecule has 2 aromatic rings. The lowest BCUT2D eigenvalue weighted by Gasteiger charge is -2.31. The van der Waals surface area contributed by atoms with Gasteiger partial charge in [-0.05, 0) is 78.1 Å². The molecule has 1 saturated carbocycles. The number of carbonyl (C=O) groups is 1. The summed E-state index contributed by atoms with van der Waals surface area (Å²) in [6, 6.07) is 14.3. The van der Waals surface area contributed by atoms with Crippen LogP contribution in [0, 0.1) is 5.92 Å². The number of carbonyl (C=O) groups excluding carboxylic acids is 1. The molecule has 0 radical (unpaired) electrons. The van der Waals surface area contributed by atoms with Crippen molar-refractivity contribution in [2.75, 3.05) is 33.4 Å². The zero-order chi connectivity index (χ0) is 21.9. The lowest BCUT2D eigenvalue weighted by atomic mass is 9.85. The number of hydrogen-bond acceptors (Lipinski definition) is 4. The monoisotopic (exact) mass is 432 g/mol. The van der Waals surface area contributed by atoms with Crippen LogP contribution in [0.15, 0.2) is 48.0 Å². The van der Waals surface area contributed by atoms with Crippen LogP contribution in [0.4, 0.5) is 0 Å². The molecular weight excluding hydrogens is 400 g/mol. The van der Waals surface area contributed by atoms with Gasteiger partial charge in [0.05, 0.1) is 7.11 Å². The van der Waals surface area contributed by atoms with Gasteiger partial charge in [0.25, 0.3) is 5.91 Å². The first kappa shape index (κ1) is 21.1. The van der Waals surface area contributed by atoms with Gasteiger partial charge in [0, 0.05) is 31.7 Å². The first-order valence-electron chi connectivity index (χ1n) is 11.8. The molecule has 1 fully saturated rings. The molecule has 3 aliphatic rings. The summed E-state index contributed by atoms with van der Waals surface area (Å²) in [5.74, 6) is 2.52. The zero-order valence-electron chi connectivity index (χ0n) is 18.9. The van der Waals surface area contributed by atoms with E-state index < -0.39 is 0 Å². The fourth-order valence-electron chi connectivity index (χ4n) is 4.98. The number of hydrogen-bond donors (Lipinski definition) is 1. The molecule has 0 atom stereocenters. The number of amides is 1. The molecule has 32 heavy (non-hydrogen) atoms. The van der Waals surface area contributed by atoms with Crippen LogP contribution in [0.3, 0.4) is 0 Å². The second-order valence-corrected chi connectivity index (χ2v) is 9.20. The molecule has 5 nitrogen and oxygen atoms in total. The van der Waals surface area contributed by atoms with Gasteiger partial charge in [0.2, 0.25) is 0 Å². The first-order valence-corrected chi connectivity index (χ1v) is 11.8. The zero-order valence-corrected chi connectivity index (χ0v) is 18.9. The topological polar surface area (TPSA) is 50.8 Å². The third-order valence-electron chi connectivity index (χ3n) is 7.19. The summed E-state index contributed by atoms with van der Waals surface area (Å²) in [5, 5.41) is 2.87. The summed E-state index contributed by atoms with van der Waals surface area (Å²) >= 11 is 0. The highest BCUT2D eigenvalue weighted by atomic mass is 16.5. The lowest BCUT2D eigenvalue weighted by molar-refractivity contribution is 0.0965. The fourth-order valence-corrected chi connectivity index (χ4v) is 4.98. The van der Waals surface area contributed by atoms with Crippen molar-refractivity contribution in [1.82, 2.24) is 10.2 Å².